The first kappa shape index (κ1) is 14.8. The molecule has 2 aliphatic rings. The second kappa shape index (κ2) is 5.94. The van der Waals surface area contributed by atoms with Gasteiger partial charge in [-0.1, -0.05) is 12.1 Å². The summed E-state index contributed by atoms with van der Waals surface area (Å²) in [5.74, 6) is -1.60. The third-order valence-electron chi connectivity index (χ3n) is 4.03. The van der Waals surface area contributed by atoms with Crippen molar-refractivity contribution >= 4 is 17.7 Å². The molecule has 22 heavy (non-hydrogen) atoms. The number of urea groups is 1. The van der Waals surface area contributed by atoms with Crippen LogP contribution in [-0.4, -0.2) is 54.1 Å². The number of amides is 2. The molecule has 118 valence electrons. The monoisotopic (exact) mass is 306 g/mol. The first-order chi connectivity index (χ1) is 10.6. The standard InChI is InChI=1S/C15H18N2O5/c18-13(19)11-3-1-2-4-12(11)16-14(20)17-7-5-15(6-8-17)21-9-10-22-15/h1-4H,5-10H2,(H,16,20)(H,18,19). The SMILES string of the molecule is O=C(O)c1ccccc1NC(=O)N1CCC2(CC1)OCCO2. The van der Waals surface area contributed by atoms with Crippen molar-refractivity contribution in [2.75, 3.05) is 31.6 Å². The number of hydrogen-bond donors (Lipinski definition) is 2. The van der Waals surface area contributed by atoms with Gasteiger partial charge in [-0.05, 0) is 12.1 Å². The number of carboxylic acid groups (broad SMARTS) is 1. The molecule has 2 aliphatic heterocycles. The van der Waals surface area contributed by atoms with Gasteiger partial charge in [0.2, 0.25) is 0 Å². The predicted octanol–water partition coefficient (Wildman–Crippen LogP) is 1.76. The Hall–Kier alpha value is -2.12. The van der Waals surface area contributed by atoms with Crippen LogP contribution in [0.1, 0.15) is 23.2 Å². The molecule has 2 N–H and O–H groups in total. The summed E-state index contributed by atoms with van der Waals surface area (Å²) >= 11 is 0. The molecule has 7 heteroatoms. The molecule has 7 nitrogen and oxygen atoms in total. The van der Waals surface area contributed by atoms with E-state index in [2.05, 4.69) is 5.32 Å². The van der Waals surface area contributed by atoms with Crippen molar-refractivity contribution in [1.29, 1.82) is 0 Å². The van der Waals surface area contributed by atoms with Gasteiger partial charge in [0, 0.05) is 25.9 Å². The highest BCUT2D eigenvalue weighted by Crippen LogP contribution is 2.31. The van der Waals surface area contributed by atoms with Crippen LogP contribution in [0, 0.1) is 0 Å². The van der Waals surface area contributed by atoms with Crippen LogP contribution >= 0.6 is 0 Å². The van der Waals surface area contributed by atoms with E-state index in [4.69, 9.17) is 14.6 Å². The summed E-state index contributed by atoms with van der Waals surface area (Å²) in [5.41, 5.74) is 0.375. The molecule has 0 saturated carbocycles. The third-order valence-corrected chi connectivity index (χ3v) is 4.03. The number of carbonyl (C=O) groups excluding carboxylic acids is 1. The van der Waals surface area contributed by atoms with Crippen molar-refractivity contribution in [3.05, 3.63) is 29.8 Å². The quantitative estimate of drug-likeness (QED) is 0.869. The van der Waals surface area contributed by atoms with E-state index in [0.29, 0.717) is 44.8 Å². The second-order valence-electron chi connectivity index (χ2n) is 5.38. The number of carbonyl (C=O) groups is 2. The van der Waals surface area contributed by atoms with Gasteiger partial charge in [0.15, 0.2) is 5.79 Å². The number of nitrogens with zero attached hydrogens (tertiary/aromatic N) is 1. The zero-order valence-electron chi connectivity index (χ0n) is 12.1. The maximum Gasteiger partial charge on any atom is 0.337 e. The van der Waals surface area contributed by atoms with Crippen LogP contribution < -0.4 is 5.32 Å². The summed E-state index contributed by atoms with van der Waals surface area (Å²) in [5, 5.41) is 11.8. The van der Waals surface area contributed by atoms with Crippen molar-refractivity contribution in [2.45, 2.75) is 18.6 Å². The van der Waals surface area contributed by atoms with E-state index in [-0.39, 0.29) is 11.6 Å². The van der Waals surface area contributed by atoms with Crippen LogP contribution in [0.2, 0.25) is 0 Å². The molecule has 0 aromatic heterocycles. The molecule has 2 heterocycles. The molecule has 1 aromatic carbocycles. The van der Waals surface area contributed by atoms with E-state index < -0.39 is 11.8 Å². The van der Waals surface area contributed by atoms with Gasteiger partial charge >= 0.3 is 12.0 Å². The Kier molecular flexibility index (Phi) is 4.00. The number of rotatable bonds is 2. The lowest BCUT2D eigenvalue weighted by atomic mass is 10.0. The molecule has 0 aliphatic carbocycles. The summed E-state index contributed by atoms with van der Waals surface area (Å²) in [7, 11) is 0. The Morgan fingerprint density at radius 1 is 1.14 bits per heavy atom. The van der Waals surface area contributed by atoms with Gasteiger partial charge in [0.1, 0.15) is 0 Å². The summed E-state index contributed by atoms with van der Waals surface area (Å²) in [6, 6.07) is 6.05. The fourth-order valence-corrected chi connectivity index (χ4v) is 2.81. The van der Waals surface area contributed by atoms with E-state index >= 15 is 0 Å². The Balaban J connectivity index is 1.62. The number of hydrogen-bond acceptors (Lipinski definition) is 4. The number of benzene rings is 1. The van der Waals surface area contributed by atoms with E-state index in [1.807, 2.05) is 0 Å². The molecule has 3 rings (SSSR count). The van der Waals surface area contributed by atoms with Crippen LogP contribution in [0.5, 0.6) is 0 Å². The highest BCUT2D eigenvalue weighted by molar-refractivity contribution is 5.99. The minimum Gasteiger partial charge on any atom is -0.478 e. The summed E-state index contributed by atoms with van der Waals surface area (Å²) in [4.78, 5) is 25.1. The summed E-state index contributed by atoms with van der Waals surface area (Å²) < 4.78 is 11.2. The van der Waals surface area contributed by atoms with E-state index in [0.717, 1.165) is 0 Å². The number of nitrogens with one attached hydrogen (secondary N) is 1. The molecule has 2 saturated heterocycles. The maximum absolute atomic E-state index is 12.3. The Morgan fingerprint density at radius 3 is 2.41 bits per heavy atom. The number of piperidine rings is 1. The highest BCUT2D eigenvalue weighted by atomic mass is 16.7. The lowest BCUT2D eigenvalue weighted by Crippen LogP contribution is -2.48. The smallest absolute Gasteiger partial charge is 0.337 e. The van der Waals surface area contributed by atoms with Gasteiger partial charge in [-0.2, -0.15) is 0 Å². The lowest BCUT2D eigenvalue weighted by Gasteiger charge is -2.37. The van der Waals surface area contributed by atoms with Gasteiger partial charge < -0.3 is 24.8 Å². The number of para-hydroxylation sites is 1. The van der Waals surface area contributed by atoms with Crippen molar-refractivity contribution in [1.82, 2.24) is 4.90 Å². The largest absolute Gasteiger partial charge is 0.478 e. The van der Waals surface area contributed by atoms with Crippen LogP contribution in [0.15, 0.2) is 24.3 Å². The topological polar surface area (TPSA) is 88.1 Å². The van der Waals surface area contributed by atoms with Crippen molar-refractivity contribution in [3.63, 3.8) is 0 Å². The first-order valence-electron chi connectivity index (χ1n) is 7.26. The van der Waals surface area contributed by atoms with E-state index in [1.54, 1.807) is 23.1 Å². The van der Waals surface area contributed by atoms with Crippen LogP contribution in [-0.2, 0) is 9.47 Å². The van der Waals surface area contributed by atoms with Crippen molar-refractivity contribution in [3.8, 4) is 0 Å². The van der Waals surface area contributed by atoms with Gasteiger partial charge in [-0.3, -0.25) is 0 Å². The average molecular weight is 306 g/mol. The van der Waals surface area contributed by atoms with E-state index in [9.17, 15) is 9.59 Å². The molecule has 1 aromatic rings. The molecule has 0 atom stereocenters. The molecule has 2 amide bonds. The van der Waals surface area contributed by atoms with Gasteiger partial charge in [-0.15, -0.1) is 0 Å². The van der Waals surface area contributed by atoms with Crippen LogP contribution in [0.4, 0.5) is 10.5 Å². The number of carboxylic acids is 1. The molecule has 0 radical (unpaired) electrons. The Labute approximate surface area is 127 Å². The highest BCUT2D eigenvalue weighted by Gasteiger charge is 2.40. The Bertz CT molecular complexity index is 573. The van der Waals surface area contributed by atoms with Crippen LogP contribution in [0.25, 0.3) is 0 Å². The first-order valence-corrected chi connectivity index (χ1v) is 7.26. The van der Waals surface area contributed by atoms with Crippen LogP contribution in [0.3, 0.4) is 0 Å². The zero-order valence-corrected chi connectivity index (χ0v) is 12.1. The molecular weight excluding hydrogens is 288 g/mol. The molecule has 1 spiro atoms. The molecule has 0 bridgehead atoms. The van der Waals surface area contributed by atoms with Gasteiger partial charge in [0.25, 0.3) is 0 Å². The summed E-state index contributed by atoms with van der Waals surface area (Å²) in [6.45, 7) is 2.22. The fourth-order valence-electron chi connectivity index (χ4n) is 2.81. The lowest BCUT2D eigenvalue weighted by molar-refractivity contribution is -0.181. The third kappa shape index (κ3) is 2.90. The average Bonchev–Trinajstić information content (AvgIpc) is 2.96. The number of ether oxygens (including phenoxy) is 2. The molecular formula is C15H18N2O5. The number of aromatic carboxylic acids is 1. The van der Waals surface area contributed by atoms with Gasteiger partial charge in [0.05, 0.1) is 24.5 Å². The fraction of sp³-hybridized carbons (Fsp3) is 0.467. The zero-order chi connectivity index (χ0) is 15.6. The normalized spacial score (nSPS) is 20.1. The maximum atomic E-state index is 12.3. The van der Waals surface area contributed by atoms with Gasteiger partial charge in [-0.25, -0.2) is 9.59 Å². The predicted molar refractivity (Wildman–Crippen MR) is 77.9 cm³/mol. The number of anilines is 1. The minimum atomic E-state index is -1.07. The van der Waals surface area contributed by atoms with E-state index in [1.165, 1.54) is 6.07 Å². The molecule has 2 fully saturated rings. The minimum absolute atomic E-state index is 0.0757. The van der Waals surface area contributed by atoms with Crippen molar-refractivity contribution in [2.24, 2.45) is 0 Å². The van der Waals surface area contributed by atoms with Crippen molar-refractivity contribution < 1.29 is 24.2 Å². The number of likely N-dealkylation sites (tertiary alicyclic amines) is 1. The second-order valence-corrected chi connectivity index (χ2v) is 5.38. The molecule has 0 unspecified atom stereocenters. The summed E-state index contributed by atoms with van der Waals surface area (Å²) in [6.07, 6.45) is 1.25. The Morgan fingerprint density at radius 2 is 1.77 bits per heavy atom.